The van der Waals surface area contributed by atoms with Gasteiger partial charge >= 0.3 is 0 Å². The van der Waals surface area contributed by atoms with Crippen molar-refractivity contribution in [2.75, 3.05) is 32.1 Å². The topological polar surface area (TPSA) is 93.5 Å². The zero-order chi connectivity index (χ0) is 17.8. The van der Waals surface area contributed by atoms with Gasteiger partial charge in [-0.25, -0.2) is 4.68 Å². The first kappa shape index (κ1) is 16.9. The van der Waals surface area contributed by atoms with Gasteiger partial charge in [-0.1, -0.05) is 0 Å². The molecule has 0 aliphatic carbocycles. The molecule has 1 saturated heterocycles. The number of hydrogen-bond donors (Lipinski definition) is 0. The lowest BCUT2D eigenvalue weighted by Gasteiger charge is -2.17. The highest BCUT2D eigenvalue weighted by molar-refractivity contribution is 5.76. The molecule has 1 aliphatic heterocycles. The lowest BCUT2D eigenvalue weighted by molar-refractivity contribution is -0.131. The minimum absolute atomic E-state index is 0.0671. The highest BCUT2D eigenvalue weighted by Gasteiger charge is 2.28. The lowest BCUT2D eigenvalue weighted by Crippen LogP contribution is -2.36. The van der Waals surface area contributed by atoms with Crippen LogP contribution in [0.4, 0.5) is 5.82 Å². The molecular weight excluding hydrogens is 324 g/mol. The third kappa shape index (κ3) is 4.11. The normalized spacial score (nSPS) is 16.7. The van der Waals surface area contributed by atoms with Gasteiger partial charge in [0.1, 0.15) is 12.6 Å². The maximum Gasteiger partial charge on any atom is 0.267 e. The number of hydrogen-bond acceptors (Lipinski definition) is 7. The second-order valence-corrected chi connectivity index (χ2v) is 6.00. The molecule has 0 spiro atoms. The zero-order valence-corrected chi connectivity index (χ0v) is 14.2. The summed E-state index contributed by atoms with van der Waals surface area (Å²) in [6.07, 6.45) is 5.26. The molecule has 1 atom stereocenters. The van der Waals surface area contributed by atoms with Gasteiger partial charge in [-0.05, 0) is 6.07 Å². The Kier molecular flexibility index (Phi) is 4.92. The quantitative estimate of drug-likeness (QED) is 0.740. The number of amides is 1. The lowest BCUT2D eigenvalue weighted by atomic mass is 10.3. The van der Waals surface area contributed by atoms with Crippen LogP contribution in [0.25, 0.3) is 0 Å². The molecule has 0 bridgehead atoms. The Morgan fingerprint density at radius 1 is 1.40 bits per heavy atom. The fourth-order valence-electron chi connectivity index (χ4n) is 2.57. The number of carbonyl (C=O) groups excluding carboxylic acids is 1. The zero-order valence-electron chi connectivity index (χ0n) is 14.2. The molecule has 2 aromatic heterocycles. The number of rotatable bonds is 5. The van der Waals surface area contributed by atoms with E-state index in [1.54, 1.807) is 23.4 Å². The molecule has 1 amide bonds. The molecule has 9 nitrogen and oxygen atoms in total. The van der Waals surface area contributed by atoms with Gasteiger partial charge in [0.25, 0.3) is 5.56 Å². The summed E-state index contributed by atoms with van der Waals surface area (Å²) in [7, 11) is 3.76. The van der Waals surface area contributed by atoms with E-state index in [1.807, 2.05) is 19.0 Å². The fourth-order valence-corrected chi connectivity index (χ4v) is 2.57. The van der Waals surface area contributed by atoms with Gasteiger partial charge in [0.15, 0.2) is 5.82 Å². The van der Waals surface area contributed by atoms with Crippen LogP contribution in [0.5, 0.6) is 5.88 Å². The Bertz CT molecular complexity index is 806. The van der Waals surface area contributed by atoms with Crippen molar-refractivity contribution in [2.45, 2.75) is 19.1 Å². The summed E-state index contributed by atoms with van der Waals surface area (Å²) in [4.78, 5) is 36.0. The second-order valence-electron chi connectivity index (χ2n) is 6.00. The highest BCUT2D eigenvalue weighted by Crippen LogP contribution is 2.18. The van der Waals surface area contributed by atoms with Crippen LogP contribution in [0.1, 0.15) is 6.42 Å². The van der Waals surface area contributed by atoms with Crippen molar-refractivity contribution in [2.24, 2.45) is 0 Å². The summed E-state index contributed by atoms with van der Waals surface area (Å²) in [6, 6.07) is 2.93. The fraction of sp³-hybridized carbons (Fsp3) is 0.438. The van der Waals surface area contributed by atoms with Crippen LogP contribution in [0, 0.1) is 0 Å². The van der Waals surface area contributed by atoms with E-state index in [4.69, 9.17) is 4.74 Å². The van der Waals surface area contributed by atoms with Gasteiger partial charge < -0.3 is 14.5 Å². The van der Waals surface area contributed by atoms with Crippen LogP contribution >= 0.6 is 0 Å². The third-order valence-corrected chi connectivity index (χ3v) is 3.91. The van der Waals surface area contributed by atoms with Crippen LogP contribution in [0.2, 0.25) is 0 Å². The van der Waals surface area contributed by atoms with Crippen molar-refractivity contribution in [3.63, 3.8) is 0 Å². The van der Waals surface area contributed by atoms with E-state index in [-0.39, 0.29) is 24.1 Å². The van der Waals surface area contributed by atoms with Crippen molar-refractivity contribution in [1.29, 1.82) is 0 Å². The Hall–Kier alpha value is -2.97. The second kappa shape index (κ2) is 7.29. The van der Waals surface area contributed by atoms with E-state index in [1.165, 1.54) is 12.3 Å². The van der Waals surface area contributed by atoms with E-state index < -0.39 is 0 Å². The standard InChI is InChI=1S/C16H20N6O3/c1-20(2)13-8-17-9-14(19-13)25-12-5-7-21(10-12)16(24)11-22-15(23)4-3-6-18-22/h3-4,6,8-9,12H,5,7,10-11H2,1-2H3. The molecular formula is C16H20N6O3. The first-order valence-electron chi connectivity index (χ1n) is 7.99. The largest absolute Gasteiger partial charge is 0.471 e. The summed E-state index contributed by atoms with van der Waals surface area (Å²) < 4.78 is 7.00. The predicted molar refractivity (Wildman–Crippen MR) is 90.5 cm³/mol. The van der Waals surface area contributed by atoms with E-state index >= 15 is 0 Å². The monoisotopic (exact) mass is 344 g/mol. The van der Waals surface area contributed by atoms with Crippen LogP contribution in [-0.4, -0.2) is 63.8 Å². The molecule has 0 N–H and O–H groups in total. The average Bonchev–Trinajstić information content (AvgIpc) is 3.06. The van der Waals surface area contributed by atoms with Crippen molar-refractivity contribution >= 4 is 11.7 Å². The molecule has 25 heavy (non-hydrogen) atoms. The van der Waals surface area contributed by atoms with Crippen LogP contribution in [0.15, 0.2) is 35.5 Å². The van der Waals surface area contributed by atoms with E-state index in [9.17, 15) is 9.59 Å². The van der Waals surface area contributed by atoms with Crippen LogP contribution < -0.4 is 15.2 Å². The molecule has 2 aromatic rings. The van der Waals surface area contributed by atoms with Gasteiger partial charge in [0.2, 0.25) is 11.8 Å². The van der Waals surface area contributed by atoms with Gasteiger partial charge in [0.05, 0.1) is 18.9 Å². The summed E-state index contributed by atoms with van der Waals surface area (Å²) in [5, 5.41) is 3.91. The number of nitrogens with zero attached hydrogens (tertiary/aromatic N) is 6. The van der Waals surface area contributed by atoms with Crippen LogP contribution in [-0.2, 0) is 11.3 Å². The minimum Gasteiger partial charge on any atom is -0.471 e. The Morgan fingerprint density at radius 3 is 3.00 bits per heavy atom. The number of ether oxygens (including phenoxy) is 1. The smallest absolute Gasteiger partial charge is 0.267 e. The Balaban J connectivity index is 1.58. The SMILES string of the molecule is CN(C)c1cncc(OC2CCN(C(=O)Cn3ncccc3=O)C2)n1. The van der Waals surface area contributed by atoms with Crippen molar-refractivity contribution < 1.29 is 9.53 Å². The molecule has 1 fully saturated rings. The average molecular weight is 344 g/mol. The molecule has 0 aromatic carbocycles. The van der Waals surface area contributed by atoms with Gasteiger partial charge in [-0.15, -0.1) is 0 Å². The summed E-state index contributed by atoms with van der Waals surface area (Å²) in [5.74, 6) is 0.990. The summed E-state index contributed by atoms with van der Waals surface area (Å²) >= 11 is 0. The number of anilines is 1. The molecule has 3 heterocycles. The van der Waals surface area contributed by atoms with E-state index in [0.717, 1.165) is 4.68 Å². The van der Waals surface area contributed by atoms with Crippen molar-refractivity contribution in [3.05, 3.63) is 41.1 Å². The molecule has 0 saturated carbocycles. The van der Waals surface area contributed by atoms with Gasteiger partial charge in [-0.3, -0.25) is 14.6 Å². The first-order chi connectivity index (χ1) is 12.0. The van der Waals surface area contributed by atoms with Gasteiger partial charge in [-0.2, -0.15) is 10.1 Å². The van der Waals surface area contributed by atoms with Crippen molar-refractivity contribution in [1.82, 2.24) is 24.6 Å². The maximum absolute atomic E-state index is 12.3. The Labute approximate surface area is 144 Å². The number of aromatic nitrogens is 4. The third-order valence-electron chi connectivity index (χ3n) is 3.91. The summed E-state index contributed by atoms with van der Waals surface area (Å²) in [5.41, 5.74) is -0.293. The molecule has 132 valence electrons. The van der Waals surface area contributed by atoms with E-state index in [0.29, 0.717) is 31.2 Å². The predicted octanol–water partition coefficient (Wildman–Crippen LogP) is -0.221. The summed E-state index contributed by atoms with van der Waals surface area (Å²) in [6.45, 7) is 0.961. The first-order valence-corrected chi connectivity index (χ1v) is 7.99. The molecule has 1 aliphatic rings. The van der Waals surface area contributed by atoms with Gasteiger partial charge in [0, 0.05) is 39.3 Å². The Morgan fingerprint density at radius 2 is 2.24 bits per heavy atom. The highest BCUT2D eigenvalue weighted by atomic mass is 16.5. The van der Waals surface area contributed by atoms with Crippen LogP contribution in [0.3, 0.4) is 0 Å². The maximum atomic E-state index is 12.3. The molecule has 0 radical (unpaired) electrons. The molecule has 9 heteroatoms. The van der Waals surface area contributed by atoms with E-state index in [2.05, 4.69) is 15.1 Å². The van der Waals surface area contributed by atoms with Crippen molar-refractivity contribution in [3.8, 4) is 5.88 Å². The number of carbonyl (C=O) groups is 1. The molecule has 3 rings (SSSR count). The minimum atomic E-state index is -0.293. The molecule has 1 unspecified atom stereocenters. The number of likely N-dealkylation sites (tertiary alicyclic amines) is 1.